The van der Waals surface area contributed by atoms with E-state index in [1.807, 2.05) is 0 Å². The zero-order chi connectivity index (χ0) is 15.2. The van der Waals surface area contributed by atoms with Crippen LogP contribution < -0.4 is 10.6 Å². The molecule has 0 fully saturated rings. The van der Waals surface area contributed by atoms with Gasteiger partial charge in [-0.1, -0.05) is 37.2 Å². The van der Waals surface area contributed by atoms with Gasteiger partial charge in [0.15, 0.2) is 5.82 Å². The first-order valence-corrected chi connectivity index (χ1v) is 7.21. The normalized spacial score (nSPS) is 10.4. The molecule has 0 aliphatic carbocycles. The Morgan fingerprint density at radius 2 is 1.90 bits per heavy atom. The minimum atomic E-state index is -0.142. The van der Waals surface area contributed by atoms with Crippen molar-refractivity contribution in [1.82, 2.24) is 5.16 Å². The van der Waals surface area contributed by atoms with Gasteiger partial charge in [-0.15, -0.1) is 0 Å². The summed E-state index contributed by atoms with van der Waals surface area (Å²) in [5.41, 5.74) is 3.51. The summed E-state index contributed by atoms with van der Waals surface area (Å²) < 4.78 is 4.92. The Labute approximate surface area is 124 Å². The molecule has 112 valence electrons. The van der Waals surface area contributed by atoms with Crippen LogP contribution in [0.15, 0.2) is 28.8 Å². The van der Waals surface area contributed by atoms with Gasteiger partial charge in [-0.25, -0.2) is 0 Å². The summed E-state index contributed by atoms with van der Waals surface area (Å²) in [5, 5.41) is 9.69. The second kappa shape index (κ2) is 6.92. The summed E-state index contributed by atoms with van der Waals surface area (Å²) >= 11 is 0. The Morgan fingerprint density at radius 1 is 1.24 bits per heavy atom. The van der Waals surface area contributed by atoms with Crippen molar-refractivity contribution in [3.8, 4) is 0 Å². The first-order chi connectivity index (χ1) is 10.1. The van der Waals surface area contributed by atoms with E-state index in [-0.39, 0.29) is 12.5 Å². The van der Waals surface area contributed by atoms with Gasteiger partial charge in [-0.05, 0) is 30.9 Å². The fourth-order valence-electron chi connectivity index (χ4n) is 2.25. The van der Waals surface area contributed by atoms with Crippen LogP contribution in [0.2, 0.25) is 0 Å². The number of benzene rings is 1. The molecular weight excluding hydrogens is 266 g/mol. The van der Waals surface area contributed by atoms with E-state index in [4.69, 9.17) is 4.52 Å². The van der Waals surface area contributed by atoms with Crippen LogP contribution in [0.3, 0.4) is 0 Å². The number of para-hydroxylation sites is 1. The molecule has 0 radical (unpaired) electrons. The molecular formula is C16H21N3O2. The van der Waals surface area contributed by atoms with E-state index in [1.54, 1.807) is 13.0 Å². The second-order valence-corrected chi connectivity index (χ2v) is 4.88. The number of hydrogen-bond acceptors (Lipinski definition) is 4. The molecule has 0 atom stereocenters. The number of nitrogens with one attached hydrogen (secondary N) is 2. The Balaban J connectivity index is 2.00. The molecule has 0 saturated heterocycles. The van der Waals surface area contributed by atoms with Crippen molar-refractivity contribution in [1.29, 1.82) is 0 Å². The number of aromatic nitrogens is 1. The molecule has 2 N–H and O–H groups in total. The quantitative estimate of drug-likeness (QED) is 0.856. The fraction of sp³-hybridized carbons (Fsp3) is 0.375. The van der Waals surface area contributed by atoms with Crippen LogP contribution in [0.1, 0.15) is 30.7 Å². The van der Waals surface area contributed by atoms with Crippen LogP contribution >= 0.6 is 0 Å². The Bertz CT molecular complexity index is 597. The number of carbonyl (C=O) groups excluding carboxylic acids is 1. The summed E-state index contributed by atoms with van der Waals surface area (Å²) in [4.78, 5) is 11.9. The van der Waals surface area contributed by atoms with Gasteiger partial charge in [0.25, 0.3) is 0 Å². The molecule has 1 heterocycles. The van der Waals surface area contributed by atoms with E-state index < -0.39 is 0 Å². The molecule has 2 aromatic rings. The van der Waals surface area contributed by atoms with Crippen molar-refractivity contribution in [3.63, 3.8) is 0 Å². The van der Waals surface area contributed by atoms with Gasteiger partial charge in [-0.2, -0.15) is 0 Å². The van der Waals surface area contributed by atoms with Crippen LogP contribution in [0.4, 0.5) is 11.5 Å². The molecule has 21 heavy (non-hydrogen) atoms. The molecule has 0 aliphatic rings. The predicted molar refractivity (Wildman–Crippen MR) is 83.6 cm³/mol. The highest BCUT2D eigenvalue weighted by atomic mass is 16.5. The molecule has 5 heteroatoms. The highest BCUT2D eigenvalue weighted by molar-refractivity contribution is 5.93. The van der Waals surface area contributed by atoms with Gasteiger partial charge in [0.05, 0.1) is 6.54 Å². The standard InChI is InChI=1S/C16H21N3O2/c1-4-12-7-6-8-13(5-2)16(12)17-10-15(20)18-14-9-11(3)21-19-14/h6-9,17H,4-5,10H2,1-3H3,(H,18,19,20). The lowest BCUT2D eigenvalue weighted by Gasteiger charge is -2.14. The van der Waals surface area contributed by atoms with Gasteiger partial charge in [0, 0.05) is 11.8 Å². The Morgan fingerprint density at radius 3 is 2.43 bits per heavy atom. The molecule has 2 rings (SSSR count). The third kappa shape index (κ3) is 3.84. The number of nitrogens with zero attached hydrogens (tertiary/aromatic N) is 1. The number of aryl methyl sites for hydroxylation is 3. The zero-order valence-corrected chi connectivity index (χ0v) is 12.7. The van der Waals surface area contributed by atoms with E-state index in [9.17, 15) is 4.79 Å². The van der Waals surface area contributed by atoms with Crippen molar-refractivity contribution >= 4 is 17.4 Å². The largest absolute Gasteiger partial charge is 0.376 e. The highest BCUT2D eigenvalue weighted by Gasteiger charge is 2.09. The monoisotopic (exact) mass is 287 g/mol. The van der Waals surface area contributed by atoms with Crippen molar-refractivity contribution in [2.45, 2.75) is 33.6 Å². The average molecular weight is 287 g/mol. The van der Waals surface area contributed by atoms with Gasteiger partial charge >= 0.3 is 0 Å². The van der Waals surface area contributed by atoms with Crippen LogP contribution in [0, 0.1) is 6.92 Å². The molecule has 0 saturated carbocycles. The third-order valence-corrected chi connectivity index (χ3v) is 3.32. The topological polar surface area (TPSA) is 67.2 Å². The van der Waals surface area contributed by atoms with E-state index in [2.05, 4.69) is 47.8 Å². The summed E-state index contributed by atoms with van der Waals surface area (Å²) in [7, 11) is 0. The highest BCUT2D eigenvalue weighted by Crippen LogP contribution is 2.22. The smallest absolute Gasteiger partial charge is 0.244 e. The van der Waals surface area contributed by atoms with Crippen molar-refractivity contribution in [2.75, 3.05) is 17.2 Å². The van der Waals surface area contributed by atoms with Gasteiger partial charge in [-0.3, -0.25) is 4.79 Å². The second-order valence-electron chi connectivity index (χ2n) is 4.88. The van der Waals surface area contributed by atoms with Crippen LogP contribution in [0.25, 0.3) is 0 Å². The van der Waals surface area contributed by atoms with E-state index in [0.29, 0.717) is 11.6 Å². The Kier molecular flexibility index (Phi) is 4.98. The number of carbonyl (C=O) groups is 1. The van der Waals surface area contributed by atoms with Crippen LogP contribution in [-0.2, 0) is 17.6 Å². The molecule has 1 aromatic heterocycles. The molecule has 1 aromatic carbocycles. The van der Waals surface area contributed by atoms with Crippen molar-refractivity contribution in [3.05, 3.63) is 41.2 Å². The van der Waals surface area contributed by atoms with Gasteiger partial charge < -0.3 is 15.2 Å². The molecule has 0 bridgehead atoms. The number of anilines is 2. The molecule has 0 spiro atoms. The number of rotatable bonds is 6. The van der Waals surface area contributed by atoms with Crippen LogP contribution in [0.5, 0.6) is 0 Å². The zero-order valence-electron chi connectivity index (χ0n) is 12.7. The molecule has 5 nitrogen and oxygen atoms in total. The summed E-state index contributed by atoms with van der Waals surface area (Å²) in [6.45, 7) is 6.21. The number of hydrogen-bond donors (Lipinski definition) is 2. The van der Waals surface area contributed by atoms with E-state index in [0.717, 1.165) is 18.5 Å². The summed E-state index contributed by atoms with van der Waals surface area (Å²) in [6, 6.07) is 7.91. The maximum atomic E-state index is 11.9. The SMILES string of the molecule is CCc1cccc(CC)c1NCC(=O)Nc1cc(C)on1. The molecule has 1 amide bonds. The minimum absolute atomic E-state index is 0.142. The van der Waals surface area contributed by atoms with Gasteiger partial charge in [0.1, 0.15) is 5.76 Å². The lowest BCUT2D eigenvalue weighted by Crippen LogP contribution is -2.22. The van der Waals surface area contributed by atoms with E-state index in [1.165, 1.54) is 11.1 Å². The van der Waals surface area contributed by atoms with Crippen LogP contribution in [-0.4, -0.2) is 17.6 Å². The summed E-state index contributed by atoms with van der Waals surface area (Å²) in [5.74, 6) is 0.970. The molecule has 0 unspecified atom stereocenters. The maximum Gasteiger partial charge on any atom is 0.244 e. The van der Waals surface area contributed by atoms with Crippen molar-refractivity contribution < 1.29 is 9.32 Å². The lowest BCUT2D eigenvalue weighted by atomic mass is 10.0. The van der Waals surface area contributed by atoms with Crippen molar-refractivity contribution in [2.24, 2.45) is 0 Å². The predicted octanol–water partition coefficient (Wildman–Crippen LogP) is 3.16. The Hall–Kier alpha value is -2.30. The fourth-order valence-corrected chi connectivity index (χ4v) is 2.25. The first-order valence-electron chi connectivity index (χ1n) is 7.21. The third-order valence-electron chi connectivity index (χ3n) is 3.32. The number of amides is 1. The van der Waals surface area contributed by atoms with E-state index >= 15 is 0 Å². The maximum absolute atomic E-state index is 11.9. The minimum Gasteiger partial charge on any atom is -0.376 e. The summed E-state index contributed by atoms with van der Waals surface area (Å²) in [6.07, 6.45) is 1.86. The first kappa shape index (κ1) is 15.1. The lowest BCUT2D eigenvalue weighted by molar-refractivity contribution is -0.114. The molecule has 0 aliphatic heterocycles. The van der Waals surface area contributed by atoms with Gasteiger partial charge in [0.2, 0.25) is 5.91 Å². The average Bonchev–Trinajstić information content (AvgIpc) is 2.89.